The molecule has 2 saturated heterocycles. The third-order valence-electron chi connectivity index (χ3n) is 3.58. The van der Waals surface area contributed by atoms with E-state index in [1.54, 1.807) is 4.90 Å². The van der Waals surface area contributed by atoms with Crippen LogP contribution in [0, 0.1) is 0 Å². The lowest BCUT2D eigenvalue weighted by Crippen LogP contribution is -2.44. The molecule has 2 fully saturated rings. The summed E-state index contributed by atoms with van der Waals surface area (Å²) in [5, 5.41) is 21.7. The zero-order valence-corrected chi connectivity index (χ0v) is 18.3. The van der Waals surface area contributed by atoms with E-state index in [0.717, 1.165) is 26.0 Å². The Bertz CT molecular complexity index is 495. The Morgan fingerprint density at radius 2 is 1.62 bits per heavy atom. The van der Waals surface area contributed by atoms with Crippen LogP contribution in [-0.4, -0.2) is 104 Å². The number of halogens is 3. The summed E-state index contributed by atoms with van der Waals surface area (Å²) in [6.07, 6.45) is -5.20. The first-order valence-electron chi connectivity index (χ1n) is 10.1. The smallest absolute Gasteiger partial charge is 0.444 e. The van der Waals surface area contributed by atoms with Crippen LogP contribution in [0.25, 0.3) is 0 Å². The molecule has 32 heavy (non-hydrogen) atoms. The maximum atomic E-state index is 11.8. The number of carbonyl (C=O) groups is 2. The molecule has 0 aromatic heterocycles. The third-order valence-corrected chi connectivity index (χ3v) is 3.58. The van der Waals surface area contributed by atoms with Gasteiger partial charge in [0.25, 0.3) is 0 Å². The summed E-state index contributed by atoms with van der Waals surface area (Å²) in [5.41, 5.74) is -0.499. The summed E-state index contributed by atoms with van der Waals surface area (Å²) in [4.78, 5) is 22.0. The monoisotopic (exact) mass is 476 g/mol. The van der Waals surface area contributed by atoms with Crippen LogP contribution >= 0.6 is 0 Å². The molecule has 12 heteroatoms. The molecule has 2 unspecified atom stereocenters. The van der Waals surface area contributed by atoms with Crippen molar-refractivity contribution in [2.24, 2.45) is 0 Å². The second kappa shape index (κ2) is 17.1. The average molecular weight is 477 g/mol. The van der Waals surface area contributed by atoms with E-state index >= 15 is 0 Å². The lowest BCUT2D eigenvalue weighted by Gasteiger charge is -2.30. The van der Waals surface area contributed by atoms with Crippen LogP contribution in [0.2, 0.25) is 0 Å². The van der Waals surface area contributed by atoms with E-state index in [1.807, 2.05) is 20.8 Å². The Morgan fingerprint density at radius 1 is 1.09 bits per heavy atom. The first kappa shape index (κ1) is 32.7. The molecule has 2 aliphatic heterocycles. The molecule has 0 aromatic carbocycles. The van der Waals surface area contributed by atoms with Gasteiger partial charge in [-0.25, -0.2) is 4.79 Å². The Labute approximate surface area is 188 Å². The fourth-order valence-electron chi connectivity index (χ4n) is 2.31. The van der Waals surface area contributed by atoms with E-state index in [2.05, 4.69) is 5.32 Å². The second-order valence-corrected chi connectivity index (χ2v) is 7.95. The summed E-state index contributed by atoms with van der Waals surface area (Å²) >= 11 is 0. The van der Waals surface area contributed by atoms with Crippen LogP contribution in [0.1, 0.15) is 41.0 Å². The van der Waals surface area contributed by atoms with Gasteiger partial charge in [0.1, 0.15) is 5.60 Å². The van der Waals surface area contributed by atoms with E-state index in [0.29, 0.717) is 26.3 Å². The van der Waals surface area contributed by atoms with Gasteiger partial charge in [-0.05, 0) is 40.2 Å². The number of nitrogens with one attached hydrogen (secondary N) is 1. The van der Waals surface area contributed by atoms with Crippen LogP contribution in [0.15, 0.2) is 0 Å². The van der Waals surface area contributed by atoms with Crippen molar-refractivity contribution >= 4 is 12.4 Å². The standard InChI is InChI=1S/C11H21NO4.C6H13NO2.C2HF3O.CH4/c1-11(2,3)16-10(14)12-5-4-6-15-8-9(13)7-12;8-6-4-7-2-1-3-9-5-6;3-2(4,5)1-6;/h9,13H,4-8H2,1-3H3;6-8H,1-5H2;1H;1H4. The molecule has 192 valence electrons. The van der Waals surface area contributed by atoms with Gasteiger partial charge in [0.15, 0.2) is 0 Å². The van der Waals surface area contributed by atoms with Crippen LogP contribution < -0.4 is 5.32 Å². The van der Waals surface area contributed by atoms with Crippen molar-refractivity contribution in [3.05, 3.63) is 0 Å². The predicted molar refractivity (Wildman–Crippen MR) is 112 cm³/mol. The number of amides is 1. The van der Waals surface area contributed by atoms with Crippen molar-refractivity contribution in [3.8, 4) is 0 Å². The lowest BCUT2D eigenvalue weighted by molar-refractivity contribution is -0.156. The highest BCUT2D eigenvalue weighted by molar-refractivity contribution is 5.68. The summed E-state index contributed by atoms with van der Waals surface area (Å²) in [6.45, 7) is 10.0. The van der Waals surface area contributed by atoms with E-state index in [4.69, 9.17) is 24.1 Å². The summed E-state index contributed by atoms with van der Waals surface area (Å²) < 4.78 is 46.8. The van der Waals surface area contributed by atoms with Crippen molar-refractivity contribution in [1.29, 1.82) is 0 Å². The first-order chi connectivity index (χ1) is 14.3. The minimum absolute atomic E-state index is 0. The van der Waals surface area contributed by atoms with Crippen LogP contribution in [0.3, 0.4) is 0 Å². The van der Waals surface area contributed by atoms with Crippen molar-refractivity contribution in [2.45, 2.75) is 65.0 Å². The zero-order chi connectivity index (χ0) is 23.9. The van der Waals surface area contributed by atoms with E-state index in [9.17, 15) is 23.1 Å². The van der Waals surface area contributed by atoms with E-state index < -0.39 is 24.2 Å². The normalized spacial score (nSPS) is 22.6. The number of alkyl halides is 3. The van der Waals surface area contributed by atoms with Crippen LogP contribution in [-0.2, 0) is 19.0 Å². The maximum Gasteiger partial charge on any atom is 0.446 e. The van der Waals surface area contributed by atoms with Crippen molar-refractivity contribution < 1.29 is 47.2 Å². The number of aldehydes is 1. The SMILES string of the molecule is C.CC(C)(C)OC(=O)N1CCCOCC(O)C1.O=CC(F)(F)F.OC1CNCCCOC1. The quantitative estimate of drug-likeness (QED) is 0.453. The largest absolute Gasteiger partial charge is 0.446 e. The Kier molecular flexibility index (Phi) is 17.4. The molecule has 0 bridgehead atoms. The topological polar surface area (TPSA) is 118 Å². The molecule has 3 N–H and O–H groups in total. The van der Waals surface area contributed by atoms with Gasteiger partial charge in [-0.1, -0.05) is 7.43 Å². The Morgan fingerprint density at radius 3 is 2.16 bits per heavy atom. The second-order valence-electron chi connectivity index (χ2n) is 7.95. The molecule has 2 rings (SSSR count). The molecule has 9 nitrogen and oxygen atoms in total. The number of ether oxygens (including phenoxy) is 3. The van der Waals surface area contributed by atoms with Gasteiger partial charge in [0.2, 0.25) is 6.29 Å². The predicted octanol–water partition coefficient (Wildman–Crippen LogP) is 1.75. The number of carbonyl (C=O) groups excluding carboxylic acids is 2. The molecular weight excluding hydrogens is 437 g/mol. The molecule has 0 aliphatic carbocycles. The minimum Gasteiger partial charge on any atom is -0.444 e. The molecule has 0 saturated carbocycles. The van der Waals surface area contributed by atoms with Crippen molar-refractivity contribution in [1.82, 2.24) is 10.2 Å². The molecule has 2 aliphatic rings. The van der Waals surface area contributed by atoms with E-state index in [-0.39, 0.29) is 32.8 Å². The molecule has 2 atom stereocenters. The fourth-order valence-corrected chi connectivity index (χ4v) is 2.31. The molecule has 2 heterocycles. The van der Waals surface area contributed by atoms with Crippen molar-refractivity contribution in [3.63, 3.8) is 0 Å². The average Bonchev–Trinajstić information content (AvgIpc) is 2.60. The summed E-state index contributed by atoms with van der Waals surface area (Å²) in [5.74, 6) is 0. The number of aliphatic hydroxyl groups excluding tert-OH is 2. The fraction of sp³-hybridized carbons (Fsp3) is 0.900. The third kappa shape index (κ3) is 20.4. The first-order valence-corrected chi connectivity index (χ1v) is 10.1. The molecule has 0 spiro atoms. The van der Waals surface area contributed by atoms with Gasteiger partial charge in [0.05, 0.1) is 32.0 Å². The number of aliphatic hydroxyl groups is 2. The highest BCUT2D eigenvalue weighted by Crippen LogP contribution is 2.12. The number of rotatable bonds is 0. The van der Waals surface area contributed by atoms with Crippen LogP contribution in [0.5, 0.6) is 0 Å². The highest BCUT2D eigenvalue weighted by atomic mass is 19.4. The summed E-state index contributed by atoms with van der Waals surface area (Å²) in [6, 6.07) is 0. The number of nitrogens with zero attached hydrogens (tertiary/aromatic N) is 1. The van der Waals surface area contributed by atoms with E-state index in [1.165, 1.54) is 0 Å². The van der Waals surface area contributed by atoms with Crippen LogP contribution in [0.4, 0.5) is 18.0 Å². The number of hydrogen-bond donors (Lipinski definition) is 3. The van der Waals surface area contributed by atoms with Gasteiger partial charge in [-0.3, -0.25) is 4.79 Å². The number of β-amino-alcohol motifs (C(OH)–C–C–N with tert-alkyl or cyclic N) is 2. The number of hydrogen-bond acceptors (Lipinski definition) is 8. The Balaban J connectivity index is 0. The van der Waals surface area contributed by atoms with Gasteiger partial charge < -0.3 is 34.6 Å². The molecule has 0 radical (unpaired) electrons. The maximum absolute atomic E-state index is 11.8. The molecular formula is C20H39F3N2O7. The summed E-state index contributed by atoms with van der Waals surface area (Å²) in [7, 11) is 0. The Hall–Kier alpha value is -1.47. The van der Waals surface area contributed by atoms with Gasteiger partial charge >= 0.3 is 12.3 Å². The lowest BCUT2D eigenvalue weighted by atomic mass is 10.2. The molecule has 0 aromatic rings. The van der Waals surface area contributed by atoms with Gasteiger partial charge in [-0.2, -0.15) is 13.2 Å². The van der Waals surface area contributed by atoms with Gasteiger partial charge in [-0.15, -0.1) is 0 Å². The minimum atomic E-state index is -4.64. The highest BCUT2D eigenvalue weighted by Gasteiger charge is 2.25. The van der Waals surface area contributed by atoms with Gasteiger partial charge in [0, 0.05) is 26.3 Å². The zero-order valence-electron chi connectivity index (χ0n) is 18.3. The van der Waals surface area contributed by atoms with Crippen molar-refractivity contribution in [2.75, 3.05) is 52.6 Å². The molecule has 1 amide bonds.